The summed E-state index contributed by atoms with van der Waals surface area (Å²) in [5.74, 6) is 0.457. The Bertz CT molecular complexity index is 340. The van der Waals surface area contributed by atoms with Crippen LogP contribution in [-0.4, -0.2) is 42.1 Å². The lowest BCUT2D eigenvalue weighted by atomic mass is 10.0. The number of nitrogens with zero attached hydrogens (tertiary/aromatic N) is 1. The van der Waals surface area contributed by atoms with Gasteiger partial charge in [-0.15, -0.1) is 0 Å². The molecule has 1 saturated heterocycles. The monoisotopic (exact) mass is 224 g/mol. The van der Waals surface area contributed by atoms with E-state index in [0.29, 0.717) is 32.1 Å². The third kappa shape index (κ3) is 2.69. The highest BCUT2D eigenvalue weighted by molar-refractivity contribution is 5.38. The molecule has 0 saturated carbocycles. The minimum Gasteiger partial charge on any atom is -0.390 e. The van der Waals surface area contributed by atoms with Gasteiger partial charge in [-0.3, -0.25) is 0 Å². The summed E-state index contributed by atoms with van der Waals surface area (Å²) in [5, 5.41) is 9.96. The van der Waals surface area contributed by atoms with E-state index in [2.05, 4.69) is 4.98 Å². The fraction of sp³-hybridized carbons (Fsp3) is 0.545. The minimum atomic E-state index is -0.605. The summed E-state index contributed by atoms with van der Waals surface area (Å²) in [6.45, 7) is 1.56. The van der Waals surface area contributed by atoms with Crippen LogP contribution in [0.3, 0.4) is 0 Å². The van der Waals surface area contributed by atoms with Crippen molar-refractivity contribution in [3.8, 4) is 0 Å². The van der Waals surface area contributed by atoms with Crippen LogP contribution in [0, 0.1) is 0 Å². The van der Waals surface area contributed by atoms with E-state index in [4.69, 9.17) is 15.2 Å². The second-order valence-electron chi connectivity index (χ2n) is 3.80. The van der Waals surface area contributed by atoms with Crippen molar-refractivity contribution in [2.45, 2.75) is 18.6 Å². The molecule has 0 aromatic carbocycles. The molecule has 1 fully saturated rings. The molecule has 0 spiro atoms. The maximum absolute atomic E-state index is 9.96. The molecule has 5 heteroatoms. The molecule has 1 aromatic heterocycles. The lowest BCUT2D eigenvalue weighted by molar-refractivity contribution is -0.131. The van der Waals surface area contributed by atoms with Crippen molar-refractivity contribution in [2.75, 3.05) is 25.6 Å². The number of ether oxygens (including phenoxy) is 2. The average Bonchev–Trinajstić information content (AvgIpc) is 2.33. The van der Waals surface area contributed by atoms with Crippen molar-refractivity contribution in [2.24, 2.45) is 0 Å². The molecule has 2 unspecified atom stereocenters. The average molecular weight is 224 g/mol. The van der Waals surface area contributed by atoms with Gasteiger partial charge in [0.15, 0.2) is 0 Å². The molecule has 1 aliphatic heterocycles. The first-order chi connectivity index (χ1) is 7.77. The van der Waals surface area contributed by atoms with Crippen LogP contribution in [0.1, 0.15) is 5.56 Å². The van der Waals surface area contributed by atoms with Gasteiger partial charge in [-0.2, -0.15) is 0 Å². The number of nitrogen functional groups attached to an aromatic ring is 1. The molecule has 1 aliphatic rings. The molecular formula is C11H16N2O3. The molecule has 0 amide bonds. The molecule has 16 heavy (non-hydrogen) atoms. The number of aliphatic hydroxyl groups is 1. The lowest BCUT2D eigenvalue weighted by Gasteiger charge is -2.27. The number of anilines is 1. The van der Waals surface area contributed by atoms with Gasteiger partial charge in [-0.05, 0) is 11.6 Å². The van der Waals surface area contributed by atoms with Gasteiger partial charge in [0, 0.05) is 12.6 Å². The van der Waals surface area contributed by atoms with Gasteiger partial charge in [0.1, 0.15) is 11.9 Å². The summed E-state index contributed by atoms with van der Waals surface area (Å²) < 4.78 is 10.7. The van der Waals surface area contributed by atoms with E-state index in [1.165, 1.54) is 0 Å². The van der Waals surface area contributed by atoms with Crippen LogP contribution < -0.4 is 5.73 Å². The molecule has 88 valence electrons. The van der Waals surface area contributed by atoms with Crippen LogP contribution in [0.15, 0.2) is 18.3 Å². The van der Waals surface area contributed by atoms with Gasteiger partial charge in [-0.25, -0.2) is 4.98 Å². The fourth-order valence-electron chi connectivity index (χ4n) is 1.71. The van der Waals surface area contributed by atoms with Crippen LogP contribution in [-0.2, 0) is 15.9 Å². The predicted molar refractivity (Wildman–Crippen MR) is 58.9 cm³/mol. The van der Waals surface area contributed by atoms with E-state index < -0.39 is 6.10 Å². The summed E-state index contributed by atoms with van der Waals surface area (Å²) in [6.07, 6.45) is 1.19. The van der Waals surface area contributed by atoms with Crippen molar-refractivity contribution in [1.29, 1.82) is 0 Å². The van der Waals surface area contributed by atoms with Crippen molar-refractivity contribution in [3.05, 3.63) is 23.9 Å². The fourth-order valence-corrected chi connectivity index (χ4v) is 1.71. The smallest absolute Gasteiger partial charge is 0.126 e. The summed E-state index contributed by atoms with van der Waals surface area (Å²) in [7, 11) is 0. The highest BCUT2D eigenvalue weighted by Crippen LogP contribution is 2.14. The van der Waals surface area contributed by atoms with Crippen molar-refractivity contribution < 1.29 is 14.6 Å². The Labute approximate surface area is 94.2 Å². The van der Waals surface area contributed by atoms with Crippen LogP contribution in [0.25, 0.3) is 0 Å². The molecule has 3 N–H and O–H groups in total. The standard InChI is InChI=1S/C11H16N2O3/c12-11-8(2-1-3-13-11)6-9(14)10-7-15-4-5-16-10/h1-3,9-10,14H,4-7H2,(H2,12,13). The summed E-state index contributed by atoms with van der Waals surface area (Å²) >= 11 is 0. The second kappa shape index (κ2) is 5.25. The van der Waals surface area contributed by atoms with Gasteiger partial charge in [0.2, 0.25) is 0 Å². The van der Waals surface area contributed by atoms with Crippen molar-refractivity contribution in [3.63, 3.8) is 0 Å². The maximum Gasteiger partial charge on any atom is 0.126 e. The zero-order valence-corrected chi connectivity index (χ0v) is 9.00. The third-order valence-electron chi connectivity index (χ3n) is 2.63. The second-order valence-corrected chi connectivity index (χ2v) is 3.80. The Morgan fingerprint density at radius 3 is 3.12 bits per heavy atom. The number of pyridine rings is 1. The number of hydrogen-bond donors (Lipinski definition) is 2. The summed E-state index contributed by atoms with van der Waals surface area (Å²) in [4.78, 5) is 3.97. The van der Waals surface area contributed by atoms with Gasteiger partial charge >= 0.3 is 0 Å². The molecule has 2 heterocycles. The Hall–Kier alpha value is -1.17. The zero-order chi connectivity index (χ0) is 11.4. The number of aliphatic hydroxyl groups excluding tert-OH is 1. The molecule has 5 nitrogen and oxygen atoms in total. The molecule has 0 aliphatic carbocycles. The van der Waals surface area contributed by atoms with Gasteiger partial charge in [0.25, 0.3) is 0 Å². The predicted octanol–water partition coefficient (Wildman–Crippen LogP) is -0.0174. The highest BCUT2D eigenvalue weighted by Gasteiger charge is 2.23. The first-order valence-electron chi connectivity index (χ1n) is 5.34. The zero-order valence-electron chi connectivity index (χ0n) is 9.00. The van der Waals surface area contributed by atoms with E-state index in [1.54, 1.807) is 12.3 Å². The SMILES string of the molecule is Nc1ncccc1CC(O)C1COCCO1. The Morgan fingerprint density at radius 1 is 1.56 bits per heavy atom. The van der Waals surface area contributed by atoms with Gasteiger partial charge in [-0.1, -0.05) is 6.07 Å². The largest absolute Gasteiger partial charge is 0.390 e. The van der Waals surface area contributed by atoms with E-state index >= 15 is 0 Å². The van der Waals surface area contributed by atoms with Crippen LogP contribution in [0.2, 0.25) is 0 Å². The Balaban J connectivity index is 1.96. The van der Waals surface area contributed by atoms with Crippen LogP contribution in [0.5, 0.6) is 0 Å². The molecule has 0 radical (unpaired) electrons. The molecule has 2 atom stereocenters. The van der Waals surface area contributed by atoms with Crippen molar-refractivity contribution >= 4 is 5.82 Å². The van der Waals surface area contributed by atoms with E-state index in [1.807, 2.05) is 6.07 Å². The Morgan fingerprint density at radius 2 is 2.44 bits per heavy atom. The number of nitrogens with two attached hydrogens (primary N) is 1. The number of hydrogen-bond acceptors (Lipinski definition) is 5. The summed E-state index contributed by atoms with van der Waals surface area (Å²) in [6, 6.07) is 3.66. The normalized spacial score (nSPS) is 22.9. The van der Waals surface area contributed by atoms with E-state index in [0.717, 1.165) is 5.56 Å². The number of rotatable bonds is 3. The van der Waals surface area contributed by atoms with Gasteiger partial charge < -0.3 is 20.3 Å². The third-order valence-corrected chi connectivity index (χ3v) is 2.63. The minimum absolute atomic E-state index is 0.270. The molecular weight excluding hydrogens is 208 g/mol. The van der Waals surface area contributed by atoms with Crippen LogP contribution in [0.4, 0.5) is 5.82 Å². The molecule has 2 rings (SSSR count). The number of aromatic nitrogens is 1. The van der Waals surface area contributed by atoms with Crippen LogP contribution >= 0.6 is 0 Å². The van der Waals surface area contributed by atoms with Gasteiger partial charge in [0.05, 0.1) is 25.9 Å². The lowest BCUT2D eigenvalue weighted by Crippen LogP contribution is -2.39. The Kier molecular flexibility index (Phi) is 3.71. The molecule has 0 bridgehead atoms. The quantitative estimate of drug-likeness (QED) is 0.754. The van der Waals surface area contributed by atoms with E-state index in [-0.39, 0.29) is 6.10 Å². The topological polar surface area (TPSA) is 77.6 Å². The maximum atomic E-state index is 9.96. The first kappa shape index (κ1) is 11.3. The van der Waals surface area contributed by atoms with Crippen molar-refractivity contribution in [1.82, 2.24) is 4.98 Å². The first-order valence-corrected chi connectivity index (χ1v) is 5.34. The molecule has 1 aromatic rings. The van der Waals surface area contributed by atoms with E-state index in [9.17, 15) is 5.11 Å². The summed E-state index contributed by atoms with van der Waals surface area (Å²) in [5.41, 5.74) is 6.54. The highest BCUT2D eigenvalue weighted by atomic mass is 16.6.